The first-order chi connectivity index (χ1) is 9.22. The number of aromatic nitrogens is 2. The molecule has 0 radical (unpaired) electrons. The van der Waals surface area contributed by atoms with Gasteiger partial charge in [-0.3, -0.25) is 4.79 Å². The molecule has 1 aromatic heterocycles. The lowest BCUT2D eigenvalue weighted by Gasteiger charge is -2.06. The molecule has 3 rings (SSSR count). The summed E-state index contributed by atoms with van der Waals surface area (Å²) in [6, 6.07) is 8.89. The van der Waals surface area contributed by atoms with Crippen LogP contribution in [0.25, 0.3) is 0 Å². The third-order valence-electron chi connectivity index (χ3n) is 2.93. The molecular weight excluding hydrogens is 240 g/mol. The molecule has 1 fully saturated rings. The second-order valence-electron chi connectivity index (χ2n) is 4.66. The fraction of sp³-hybridized carbons (Fsp3) is 0.267. The van der Waals surface area contributed by atoms with Crippen molar-refractivity contribution < 1.29 is 9.53 Å². The lowest BCUT2D eigenvalue weighted by atomic mass is 10.1. The molecule has 1 aliphatic rings. The van der Waals surface area contributed by atoms with Crippen LogP contribution in [-0.2, 0) is 0 Å². The monoisotopic (exact) mass is 254 g/mol. The molecular formula is C15H14N2O2. The highest BCUT2D eigenvalue weighted by molar-refractivity contribution is 6.07. The normalized spacial score (nSPS) is 14.2. The molecule has 0 atom stereocenters. The Morgan fingerprint density at radius 3 is 2.89 bits per heavy atom. The van der Waals surface area contributed by atoms with Crippen LogP contribution < -0.4 is 4.74 Å². The summed E-state index contributed by atoms with van der Waals surface area (Å²) in [5.74, 6) is 1.24. The zero-order valence-corrected chi connectivity index (χ0v) is 10.7. The Morgan fingerprint density at radius 1 is 1.32 bits per heavy atom. The van der Waals surface area contributed by atoms with E-state index in [-0.39, 0.29) is 5.78 Å². The van der Waals surface area contributed by atoms with E-state index >= 15 is 0 Å². The van der Waals surface area contributed by atoms with Crippen LogP contribution >= 0.6 is 0 Å². The minimum absolute atomic E-state index is 0.105. The first kappa shape index (κ1) is 11.8. The van der Waals surface area contributed by atoms with Gasteiger partial charge in [-0.1, -0.05) is 12.1 Å². The van der Waals surface area contributed by atoms with Crippen molar-refractivity contribution in [1.29, 1.82) is 0 Å². The van der Waals surface area contributed by atoms with Crippen LogP contribution in [0.2, 0.25) is 0 Å². The van der Waals surface area contributed by atoms with E-state index in [0.29, 0.717) is 23.2 Å². The predicted octanol–water partition coefficient (Wildman–Crippen LogP) is 2.56. The Hall–Kier alpha value is -2.23. The minimum Gasteiger partial charge on any atom is -0.490 e. The van der Waals surface area contributed by atoms with Crippen LogP contribution in [-0.4, -0.2) is 21.9 Å². The van der Waals surface area contributed by atoms with E-state index in [1.165, 1.54) is 0 Å². The number of ketones is 1. The predicted molar refractivity (Wildman–Crippen MR) is 70.3 cm³/mol. The highest BCUT2D eigenvalue weighted by Gasteiger charge is 2.23. The third kappa shape index (κ3) is 2.78. The summed E-state index contributed by atoms with van der Waals surface area (Å²) in [6.45, 7) is 1.77. The standard InChI is InChI=1S/C15H14N2O2/c1-10-16-8-7-14(17-10)15(18)11-3-2-4-13(9-11)19-12-5-6-12/h2-4,7-9,12H,5-6H2,1H3. The maximum absolute atomic E-state index is 12.3. The number of carbonyl (C=O) groups is 1. The Labute approximate surface area is 111 Å². The Morgan fingerprint density at radius 2 is 2.16 bits per heavy atom. The highest BCUT2D eigenvalue weighted by Crippen LogP contribution is 2.27. The maximum Gasteiger partial charge on any atom is 0.211 e. The molecule has 0 spiro atoms. The molecule has 4 heteroatoms. The SMILES string of the molecule is Cc1nccc(C(=O)c2cccc(OC3CC3)c2)n1. The fourth-order valence-corrected chi connectivity index (χ4v) is 1.82. The second kappa shape index (κ2) is 4.80. The molecule has 0 aliphatic heterocycles. The number of hydrogen-bond donors (Lipinski definition) is 0. The Bertz CT molecular complexity index is 621. The molecule has 2 aromatic rings. The van der Waals surface area contributed by atoms with Crippen LogP contribution in [0.3, 0.4) is 0 Å². The largest absolute Gasteiger partial charge is 0.490 e. The van der Waals surface area contributed by atoms with Crippen molar-refractivity contribution in [3.8, 4) is 5.75 Å². The van der Waals surface area contributed by atoms with Gasteiger partial charge in [-0.15, -0.1) is 0 Å². The second-order valence-corrected chi connectivity index (χ2v) is 4.66. The summed E-state index contributed by atoms with van der Waals surface area (Å²) < 4.78 is 5.69. The molecule has 0 amide bonds. The van der Waals surface area contributed by atoms with Crippen molar-refractivity contribution in [3.63, 3.8) is 0 Å². The summed E-state index contributed by atoms with van der Waals surface area (Å²) in [5.41, 5.74) is 1.01. The zero-order valence-electron chi connectivity index (χ0n) is 10.7. The molecule has 1 saturated carbocycles. The van der Waals surface area contributed by atoms with E-state index in [1.807, 2.05) is 12.1 Å². The first-order valence-corrected chi connectivity index (χ1v) is 6.33. The van der Waals surface area contributed by atoms with Gasteiger partial charge in [-0.25, -0.2) is 9.97 Å². The topological polar surface area (TPSA) is 52.1 Å². The summed E-state index contributed by atoms with van der Waals surface area (Å²) in [6.07, 6.45) is 4.12. The van der Waals surface area contributed by atoms with Crippen LogP contribution in [0.5, 0.6) is 5.75 Å². The summed E-state index contributed by atoms with van der Waals surface area (Å²) >= 11 is 0. The third-order valence-corrected chi connectivity index (χ3v) is 2.93. The van der Waals surface area contributed by atoms with Gasteiger partial charge in [0.1, 0.15) is 17.3 Å². The van der Waals surface area contributed by atoms with Gasteiger partial charge in [0.05, 0.1) is 6.10 Å². The molecule has 0 bridgehead atoms. The molecule has 1 aromatic carbocycles. The quantitative estimate of drug-likeness (QED) is 0.787. The van der Waals surface area contributed by atoms with Crippen molar-refractivity contribution in [2.24, 2.45) is 0 Å². The van der Waals surface area contributed by atoms with E-state index in [1.54, 1.807) is 31.3 Å². The van der Waals surface area contributed by atoms with E-state index in [4.69, 9.17) is 4.74 Å². The van der Waals surface area contributed by atoms with Gasteiger partial charge in [0.15, 0.2) is 0 Å². The summed E-state index contributed by atoms with van der Waals surface area (Å²) in [7, 11) is 0. The molecule has 1 heterocycles. The van der Waals surface area contributed by atoms with Gasteiger partial charge < -0.3 is 4.74 Å². The molecule has 0 unspecified atom stereocenters. The van der Waals surface area contributed by atoms with Gasteiger partial charge in [-0.2, -0.15) is 0 Å². The summed E-state index contributed by atoms with van der Waals surface area (Å²) in [4.78, 5) is 20.5. The molecule has 96 valence electrons. The number of rotatable bonds is 4. The van der Waals surface area contributed by atoms with Crippen LogP contribution in [0.1, 0.15) is 34.7 Å². The first-order valence-electron chi connectivity index (χ1n) is 6.33. The van der Waals surface area contributed by atoms with Gasteiger partial charge in [-0.05, 0) is 38.0 Å². The maximum atomic E-state index is 12.3. The van der Waals surface area contributed by atoms with E-state index in [9.17, 15) is 4.79 Å². The van der Waals surface area contributed by atoms with E-state index < -0.39 is 0 Å². The van der Waals surface area contributed by atoms with Gasteiger partial charge >= 0.3 is 0 Å². The van der Waals surface area contributed by atoms with Crippen LogP contribution in [0, 0.1) is 6.92 Å². The van der Waals surface area contributed by atoms with Gasteiger partial charge in [0.2, 0.25) is 5.78 Å². The molecule has 19 heavy (non-hydrogen) atoms. The van der Waals surface area contributed by atoms with E-state index in [2.05, 4.69) is 9.97 Å². The van der Waals surface area contributed by atoms with Crippen LogP contribution in [0.4, 0.5) is 0 Å². The van der Waals surface area contributed by atoms with Crippen molar-refractivity contribution >= 4 is 5.78 Å². The Kier molecular flexibility index (Phi) is 2.99. The lowest BCUT2D eigenvalue weighted by molar-refractivity contribution is 0.103. The number of carbonyl (C=O) groups excluding carboxylic acids is 1. The van der Waals surface area contributed by atoms with Gasteiger partial charge in [0.25, 0.3) is 0 Å². The molecule has 0 N–H and O–H groups in total. The average Bonchev–Trinajstić information content (AvgIpc) is 3.22. The number of ether oxygens (including phenoxy) is 1. The number of aryl methyl sites for hydroxylation is 1. The smallest absolute Gasteiger partial charge is 0.211 e. The average molecular weight is 254 g/mol. The van der Waals surface area contributed by atoms with Crippen molar-refractivity contribution in [3.05, 3.63) is 53.6 Å². The highest BCUT2D eigenvalue weighted by atomic mass is 16.5. The number of nitrogens with zero attached hydrogens (tertiary/aromatic N) is 2. The van der Waals surface area contributed by atoms with Crippen molar-refractivity contribution in [2.75, 3.05) is 0 Å². The lowest BCUT2D eigenvalue weighted by Crippen LogP contribution is -2.06. The minimum atomic E-state index is -0.105. The molecule has 1 aliphatic carbocycles. The van der Waals surface area contributed by atoms with Gasteiger partial charge in [0, 0.05) is 11.8 Å². The van der Waals surface area contributed by atoms with Crippen molar-refractivity contribution in [1.82, 2.24) is 9.97 Å². The number of hydrogen-bond acceptors (Lipinski definition) is 4. The zero-order chi connectivity index (χ0) is 13.2. The van der Waals surface area contributed by atoms with Crippen LogP contribution in [0.15, 0.2) is 36.5 Å². The molecule has 4 nitrogen and oxygen atoms in total. The number of benzene rings is 1. The fourth-order valence-electron chi connectivity index (χ4n) is 1.82. The Balaban J connectivity index is 1.86. The summed E-state index contributed by atoms with van der Waals surface area (Å²) in [5, 5.41) is 0. The van der Waals surface area contributed by atoms with E-state index in [0.717, 1.165) is 18.6 Å². The molecule has 0 saturated heterocycles. The van der Waals surface area contributed by atoms with Crippen molar-refractivity contribution in [2.45, 2.75) is 25.9 Å².